The molecule has 0 bridgehead atoms. The van der Waals surface area contributed by atoms with E-state index in [1.54, 1.807) is 0 Å². The Morgan fingerprint density at radius 1 is 1.13 bits per heavy atom. The summed E-state index contributed by atoms with van der Waals surface area (Å²) in [5.74, 6) is 0. The summed E-state index contributed by atoms with van der Waals surface area (Å²) in [4.78, 5) is 0. The Bertz CT molecular complexity index is 139. The molecule has 1 saturated carbocycles. The highest BCUT2D eigenvalue weighted by Crippen LogP contribution is 2.20. The number of nitrogens with two attached hydrogens (primary N) is 1. The van der Waals surface area contributed by atoms with E-state index in [0.717, 1.165) is 13.0 Å². The quantitative estimate of drug-likeness (QED) is 0.543. The average Bonchev–Trinajstić information content (AvgIpc) is 2.45. The van der Waals surface area contributed by atoms with E-state index in [9.17, 15) is 0 Å². The van der Waals surface area contributed by atoms with Gasteiger partial charge in [0.1, 0.15) is 0 Å². The molecule has 90 valence electrons. The summed E-state index contributed by atoms with van der Waals surface area (Å²) in [7, 11) is 0. The molecule has 0 heterocycles. The Morgan fingerprint density at radius 2 is 1.80 bits per heavy atom. The molecule has 1 rings (SSSR count). The molecule has 0 saturated heterocycles. The Kier molecular flexibility index (Phi) is 7.03. The fraction of sp³-hybridized carbons (Fsp3) is 1.00. The van der Waals surface area contributed by atoms with Crippen molar-refractivity contribution in [1.82, 2.24) is 0 Å². The maximum absolute atomic E-state index is 5.90. The summed E-state index contributed by atoms with van der Waals surface area (Å²) in [5.41, 5.74) is 5.70. The van der Waals surface area contributed by atoms with Crippen LogP contribution in [0.1, 0.15) is 64.7 Å². The highest BCUT2D eigenvalue weighted by molar-refractivity contribution is 4.64. The summed E-state index contributed by atoms with van der Waals surface area (Å²) >= 11 is 0. The molecular weight excluding hydrogens is 186 g/mol. The van der Waals surface area contributed by atoms with Gasteiger partial charge >= 0.3 is 0 Å². The van der Waals surface area contributed by atoms with E-state index >= 15 is 0 Å². The molecule has 2 N–H and O–H groups in total. The van der Waals surface area contributed by atoms with Gasteiger partial charge in [0.15, 0.2) is 0 Å². The topological polar surface area (TPSA) is 35.2 Å². The van der Waals surface area contributed by atoms with Crippen LogP contribution in [0.4, 0.5) is 0 Å². The summed E-state index contributed by atoms with van der Waals surface area (Å²) in [6, 6.07) is 0.350. The summed E-state index contributed by atoms with van der Waals surface area (Å²) in [5, 5.41) is 0. The third-order valence-corrected chi connectivity index (χ3v) is 3.21. The highest BCUT2D eigenvalue weighted by atomic mass is 16.5. The van der Waals surface area contributed by atoms with E-state index in [1.165, 1.54) is 51.4 Å². The smallest absolute Gasteiger partial charge is 0.0575 e. The third-order valence-electron chi connectivity index (χ3n) is 3.21. The van der Waals surface area contributed by atoms with Crippen LogP contribution in [0, 0.1) is 0 Å². The zero-order valence-electron chi connectivity index (χ0n) is 10.2. The lowest BCUT2D eigenvalue weighted by Crippen LogP contribution is -2.15. The van der Waals surface area contributed by atoms with Crippen molar-refractivity contribution in [2.75, 3.05) is 6.61 Å². The van der Waals surface area contributed by atoms with Crippen LogP contribution >= 0.6 is 0 Å². The van der Waals surface area contributed by atoms with Gasteiger partial charge in [-0.3, -0.25) is 0 Å². The van der Waals surface area contributed by atoms with Crippen LogP contribution in [0.5, 0.6) is 0 Å². The summed E-state index contributed by atoms with van der Waals surface area (Å²) < 4.78 is 5.90. The van der Waals surface area contributed by atoms with E-state index < -0.39 is 0 Å². The van der Waals surface area contributed by atoms with Gasteiger partial charge in [-0.15, -0.1) is 0 Å². The monoisotopic (exact) mass is 213 g/mol. The zero-order chi connectivity index (χ0) is 10.9. The van der Waals surface area contributed by atoms with Gasteiger partial charge in [-0.2, -0.15) is 0 Å². The van der Waals surface area contributed by atoms with E-state index in [-0.39, 0.29) is 0 Å². The molecule has 0 radical (unpaired) electrons. The normalized spacial score (nSPS) is 21.2. The Balaban J connectivity index is 1.94. The fourth-order valence-electron chi connectivity index (χ4n) is 2.23. The lowest BCUT2D eigenvalue weighted by molar-refractivity contribution is 0.0407. The average molecular weight is 213 g/mol. The van der Waals surface area contributed by atoms with Crippen molar-refractivity contribution in [3.05, 3.63) is 0 Å². The number of ether oxygens (including phenoxy) is 1. The van der Waals surface area contributed by atoms with Gasteiger partial charge in [0.25, 0.3) is 0 Å². The molecule has 1 atom stereocenters. The molecule has 0 spiro atoms. The van der Waals surface area contributed by atoms with Gasteiger partial charge in [-0.05, 0) is 39.0 Å². The van der Waals surface area contributed by atoms with Crippen molar-refractivity contribution in [3.8, 4) is 0 Å². The van der Waals surface area contributed by atoms with E-state index in [4.69, 9.17) is 10.5 Å². The van der Waals surface area contributed by atoms with Crippen molar-refractivity contribution in [3.63, 3.8) is 0 Å². The van der Waals surface area contributed by atoms with Crippen LogP contribution in [0.2, 0.25) is 0 Å². The predicted octanol–water partition coefficient (Wildman–Crippen LogP) is 3.24. The first-order valence-corrected chi connectivity index (χ1v) is 6.66. The lowest BCUT2D eigenvalue weighted by atomic mass is 10.1. The third kappa shape index (κ3) is 6.91. The molecule has 0 aliphatic heterocycles. The molecule has 1 unspecified atom stereocenters. The molecule has 2 nitrogen and oxygen atoms in total. The van der Waals surface area contributed by atoms with Crippen molar-refractivity contribution in [1.29, 1.82) is 0 Å². The second kappa shape index (κ2) is 8.12. The Labute approximate surface area is 94.6 Å². The van der Waals surface area contributed by atoms with Crippen molar-refractivity contribution >= 4 is 0 Å². The van der Waals surface area contributed by atoms with E-state index in [0.29, 0.717) is 12.1 Å². The van der Waals surface area contributed by atoms with Crippen LogP contribution in [0.25, 0.3) is 0 Å². The fourth-order valence-corrected chi connectivity index (χ4v) is 2.23. The predicted molar refractivity (Wildman–Crippen MR) is 64.9 cm³/mol. The standard InChI is InChI=1S/C13H27NO/c1-12(14)8-6-7-11-15-13-9-4-2-3-5-10-13/h12-13H,2-11,14H2,1H3. The Morgan fingerprint density at radius 3 is 2.40 bits per heavy atom. The van der Waals surface area contributed by atoms with Crippen LogP contribution in [-0.2, 0) is 4.74 Å². The van der Waals surface area contributed by atoms with Gasteiger partial charge in [0.05, 0.1) is 6.10 Å². The second-order valence-corrected chi connectivity index (χ2v) is 4.96. The first kappa shape index (κ1) is 13.0. The molecule has 15 heavy (non-hydrogen) atoms. The minimum atomic E-state index is 0.350. The van der Waals surface area contributed by atoms with Crippen LogP contribution in [-0.4, -0.2) is 18.8 Å². The first-order valence-electron chi connectivity index (χ1n) is 6.66. The van der Waals surface area contributed by atoms with Crippen molar-refractivity contribution in [2.45, 2.75) is 76.9 Å². The molecule has 0 aromatic rings. The summed E-state index contributed by atoms with van der Waals surface area (Å²) in [6.07, 6.45) is 12.2. The van der Waals surface area contributed by atoms with Gasteiger partial charge in [0.2, 0.25) is 0 Å². The number of rotatable bonds is 6. The van der Waals surface area contributed by atoms with Gasteiger partial charge in [-0.1, -0.05) is 25.7 Å². The van der Waals surface area contributed by atoms with E-state index in [2.05, 4.69) is 6.92 Å². The highest BCUT2D eigenvalue weighted by Gasteiger charge is 2.11. The molecule has 0 amide bonds. The Hall–Kier alpha value is -0.0800. The number of unbranched alkanes of at least 4 members (excludes halogenated alkanes) is 1. The zero-order valence-corrected chi connectivity index (χ0v) is 10.2. The molecular formula is C13H27NO. The largest absolute Gasteiger partial charge is 0.378 e. The van der Waals surface area contributed by atoms with Gasteiger partial charge in [0, 0.05) is 12.6 Å². The maximum atomic E-state index is 5.90. The minimum absolute atomic E-state index is 0.350. The van der Waals surface area contributed by atoms with Crippen LogP contribution in [0.15, 0.2) is 0 Å². The maximum Gasteiger partial charge on any atom is 0.0575 e. The van der Waals surface area contributed by atoms with Crippen LogP contribution < -0.4 is 5.73 Å². The summed E-state index contributed by atoms with van der Waals surface area (Å²) in [6.45, 7) is 3.02. The molecule has 0 aromatic heterocycles. The SMILES string of the molecule is CC(N)CCCCOC1CCCCCC1. The molecule has 1 fully saturated rings. The van der Waals surface area contributed by atoms with Gasteiger partial charge < -0.3 is 10.5 Å². The minimum Gasteiger partial charge on any atom is -0.378 e. The second-order valence-electron chi connectivity index (χ2n) is 4.96. The van der Waals surface area contributed by atoms with Crippen LogP contribution in [0.3, 0.4) is 0 Å². The van der Waals surface area contributed by atoms with Crippen molar-refractivity contribution in [2.24, 2.45) is 5.73 Å². The van der Waals surface area contributed by atoms with Gasteiger partial charge in [-0.25, -0.2) is 0 Å². The number of hydrogen-bond donors (Lipinski definition) is 1. The molecule has 1 aliphatic rings. The number of hydrogen-bond acceptors (Lipinski definition) is 2. The van der Waals surface area contributed by atoms with E-state index in [1.807, 2.05) is 0 Å². The molecule has 0 aromatic carbocycles. The molecule has 1 aliphatic carbocycles. The lowest BCUT2D eigenvalue weighted by Gasteiger charge is -2.15. The molecule has 2 heteroatoms. The van der Waals surface area contributed by atoms with Crippen molar-refractivity contribution < 1.29 is 4.74 Å². The first-order chi connectivity index (χ1) is 7.29.